The summed E-state index contributed by atoms with van der Waals surface area (Å²) in [5.41, 5.74) is 12.3. The van der Waals surface area contributed by atoms with Crippen molar-refractivity contribution in [1.29, 1.82) is 0 Å². The van der Waals surface area contributed by atoms with E-state index < -0.39 is 44.3 Å². The number of carbonyl (C=O) groups is 2. The van der Waals surface area contributed by atoms with Gasteiger partial charge in [0.2, 0.25) is 0 Å². The second-order valence-corrected chi connectivity index (χ2v) is 12.6. The van der Waals surface area contributed by atoms with E-state index in [1.54, 1.807) is 24.3 Å². The molecule has 2 atom stereocenters. The lowest BCUT2D eigenvalue weighted by Crippen LogP contribution is -2.31. The Labute approximate surface area is 236 Å². The molecule has 228 valence electrons. The van der Waals surface area contributed by atoms with Gasteiger partial charge in [-0.05, 0) is 62.8 Å². The van der Waals surface area contributed by atoms with Crippen molar-refractivity contribution in [3.63, 3.8) is 0 Å². The summed E-state index contributed by atoms with van der Waals surface area (Å²) in [5.74, 6) is -1.11. The van der Waals surface area contributed by atoms with Crippen LogP contribution in [0.2, 0.25) is 0 Å². The summed E-state index contributed by atoms with van der Waals surface area (Å²) in [4.78, 5) is 20.1. The molecule has 0 saturated carbocycles. The highest BCUT2D eigenvalue weighted by Crippen LogP contribution is 2.09. The zero-order valence-corrected chi connectivity index (χ0v) is 25.2. The smallest absolute Gasteiger partial charge is 0.320 e. The predicted molar refractivity (Wildman–Crippen MR) is 152 cm³/mol. The molecule has 0 aliphatic carbocycles. The van der Waals surface area contributed by atoms with Crippen molar-refractivity contribution in [3.05, 3.63) is 59.7 Å². The number of hydrogen-bond acceptors (Lipinski definition) is 8. The second-order valence-electron chi connectivity index (χ2n) is 9.72. The largest absolute Gasteiger partial charge is 0.480 e. The first-order chi connectivity index (χ1) is 18.1. The lowest BCUT2D eigenvalue weighted by Gasteiger charge is -2.07. The topological polar surface area (TPSA) is 235 Å². The number of hydrogen-bond donors (Lipinski definition) is 6. The number of carboxylic acids is 2. The Kier molecular flexibility index (Phi) is 18.1. The standard InChI is InChI=1S/2C7H8O3S.2C6H13NO2/c2*1-6-2-4-7(5-3-6)11(8,9)10;2*1-4(2)3-5(7)6(8)9/h2*2-5H,1H3,(H,8,9,10);2*4-5H,3,7H2,1-2H3,(H,8,9)/t;;2*5-/m..00/s1. The Hall–Kier alpha value is -2.88. The van der Waals surface area contributed by atoms with Crippen LogP contribution in [0.1, 0.15) is 51.7 Å². The van der Waals surface area contributed by atoms with Crippen LogP contribution in [0.4, 0.5) is 0 Å². The molecule has 0 aliphatic heterocycles. The first-order valence-electron chi connectivity index (χ1n) is 12.1. The number of aryl methyl sites for hydroxylation is 2. The van der Waals surface area contributed by atoms with Gasteiger partial charge < -0.3 is 21.7 Å². The summed E-state index contributed by atoms with van der Waals surface area (Å²) >= 11 is 0. The highest BCUT2D eigenvalue weighted by atomic mass is 32.2. The number of nitrogens with two attached hydrogens (primary N) is 2. The summed E-state index contributed by atoms with van der Waals surface area (Å²) in [6.07, 6.45) is 1.10. The lowest BCUT2D eigenvalue weighted by atomic mass is 10.1. The Bertz CT molecular complexity index is 1140. The highest BCUT2D eigenvalue weighted by Gasteiger charge is 2.13. The van der Waals surface area contributed by atoms with Crippen molar-refractivity contribution in [3.8, 4) is 0 Å². The van der Waals surface area contributed by atoms with Crippen LogP contribution < -0.4 is 11.5 Å². The minimum atomic E-state index is -4.02. The van der Waals surface area contributed by atoms with E-state index in [-0.39, 0.29) is 9.79 Å². The van der Waals surface area contributed by atoms with Crippen molar-refractivity contribution < 1.29 is 45.7 Å². The van der Waals surface area contributed by atoms with E-state index in [9.17, 15) is 26.4 Å². The summed E-state index contributed by atoms with van der Waals surface area (Å²) in [5, 5.41) is 16.6. The van der Waals surface area contributed by atoms with E-state index in [2.05, 4.69) is 0 Å². The molecule has 0 heterocycles. The van der Waals surface area contributed by atoms with Gasteiger partial charge >= 0.3 is 11.9 Å². The van der Waals surface area contributed by atoms with Crippen LogP contribution in [-0.4, -0.2) is 60.2 Å². The van der Waals surface area contributed by atoms with Crippen LogP contribution in [0.3, 0.4) is 0 Å². The Morgan fingerprint density at radius 2 is 0.850 bits per heavy atom. The summed E-state index contributed by atoms with van der Waals surface area (Å²) in [7, 11) is -8.04. The van der Waals surface area contributed by atoms with Crippen molar-refractivity contribution in [2.45, 2.75) is 76.3 Å². The molecule has 2 aromatic carbocycles. The van der Waals surface area contributed by atoms with E-state index in [0.717, 1.165) is 11.1 Å². The van der Waals surface area contributed by atoms with Gasteiger partial charge in [-0.25, -0.2) is 0 Å². The van der Waals surface area contributed by atoms with E-state index in [4.69, 9.17) is 30.8 Å². The van der Waals surface area contributed by atoms with Gasteiger partial charge in [-0.2, -0.15) is 16.8 Å². The van der Waals surface area contributed by atoms with Crippen LogP contribution in [0.5, 0.6) is 0 Å². The molecule has 12 nitrogen and oxygen atoms in total. The molecule has 0 aliphatic rings. The van der Waals surface area contributed by atoms with Gasteiger partial charge in [0.1, 0.15) is 12.1 Å². The molecule has 14 heteroatoms. The molecule has 2 rings (SSSR count). The number of rotatable bonds is 8. The fraction of sp³-hybridized carbons (Fsp3) is 0.462. The average Bonchev–Trinajstić information content (AvgIpc) is 2.79. The zero-order valence-electron chi connectivity index (χ0n) is 23.6. The van der Waals surface area contributed by atoms with Crippen LogP contribution in [0, 0.1) is 25.7 Å². The second kappa shape index (κ2) is 18.5. The van der Waals surface area contributed by atoms with Crippen molar-refractivity contribution in [2.24, 2.45) is 23.3 Å². The van der Waals surface area contributed by atoms with E-state index in [0.29, 0.717) is 24.7 Å². The normalized spacial score (nSPS) is 12.5. The monoisotopic (exact) mass is 606 g/mol. The molecule has 0 saturated heterocycles. The first-order valence-corrected chi connectivity index (χ1v) is 15.0. The van der Waals surface area contributed by atoms with Gasteiger partial charge in [0.25, 0.3) is 20.2 Å². The fourth-order valence-corrected chi connectivity index (χ4v) is 3.60. The predicted octanol–water partition coefficient (Wildman–Crippen LogP) is 3.37. The maximum atomic E-state index is 10.5. The minimum absolute atomic E-state index is 0.0666. The zero-order chi connectivity index (χ0) is 31.8. The summed E-state index contributed by atoms with van der Waals surface area (Å²) in [6, 6.07) is 10.6. The van der Waals surface area contributed by atoms with Crippen molar-refractivity contribution >= 4 is 32.2 Å². The van der Waals surface area contributed by atoms with E-state index in [1.165, 1.54) is 24.3 Å². The number of aliphatic carboxylic acids is 2. The first kappa shape index (κ1) is 39.3. The Balaban J connectivity index is 0. The van der Waals surface area contributed by atoms with Gasteiger partial charge in [0.05, 0.1) is 9.79 Å². The average molecular weight is 607 g/mol. The molecule has 2 aromatic rings. The Morgan fingerprint density at radius 3 is 0.975 bits per heavy atom. The van der Waals surface area contributed by atoms with Gasteiger partial charge in [-0.3, -0.25) is 18.7 Å². The lowest BCUT2D eigenvalue weighted by molar-refractivity contribution is -0.139. The van der Waals surface area contributed by atoms with Crippen LogP contribution in [0.25, 0.3) is 0 Å². The minimum Gasteiger partial charge on any atom is -0.480 e. The van der Waals surface area contributed by atoms with E-state index >= 15 is 0 Å². The maximum Gasteiger partial charge on any atom is 0.320 e. The number of benzene rings is 2. The summed E-state index contributed by atoms with van der Waals surface area (Å²) in [6.45, 7) is 11.5. The van der Waals surface area contributed by atoms with Gasteiger partial charge in [0, 0.05) is 0 Å². The summed E-state index contributed by atoms with van der Waals surface area (Å²) < 4.78 is 59.1. The van der Waals surface area contributed by atoms with Crippen LogP contribution >= 0.6 is 0 Å². The molecule has 0 unspecified atom stereocenters. The molecular formula is C26H42N2O10S2. The maximum absolute atomic E-state index is 10.5. The molecule has 40 heavy (non-hydrogen) atoms. The molecular weight excluding hydrogens is 564 g/mol. The SMILES string of the molecule is CC(C)C[C@H](N)C(=O)O.CC(C)C[C@H](N)C(=O)O.Cc1ccc(S(=O)(=O)O)cc1.Cc1ccc(S(=O)(=O)O)cc1. The fourth-order valence-electron chi connectivity index (χ4n) is 2.64. The Morgan fingerprint density at radius 1 is 0.625 bits per heavy atom. The van der Waals surface area contributed by atoms with Gasteiger partial charge in [-0.15, -0.1) is 0 Å². The molecule has 0 spiro atoms. The highest BCUT2D eigenvalue weighted by molar-refractivity contribution is 7.86. The molecule has 8 N–H and O–H groups in total. The van der Waals surface area contributed by atoms with Gasteiger partial charge in [0.15, 0.2) is 0 Å². The molecule has 0 aromatic heterocycles. The molecule has 0 radical (unpaired) electrons. The third-order valence-corrected chi connectivity index (χ3v) is 6.46. The quantitative estimate of drug-likeness (QED) is 0.237. The van der Waals surface area contributed by atoms with Crippen LogP contribution in [0.15, 0.2) is 58.3 Å². The molecule has 0 fully saturated rings. The van der Waals surface area contributed by atoms with E-state index in [1.807, 2.05) is 41.5 Å². The van der Waals surface area contributed by atoms with Crippen molar-refractivity contribution in [2.75, 3.05) is 0 Å². The third kappa shape index (κ3) is 20.1. The van der Waals surface area contributed by atoms with Crippen molar-refractivity contribution in [1.82, 2.24) is 0 Å². The third-order valence-electron chi connectivity index (χ3n) is 4.72. The molecule has 0 amide bonds. The van der Waals surface area contributed by atoms with Gasteiger partial charge in [-0.1, -0.05) is 63.1 Å². The molecule has 0 bridgehead atoms. The van der Waals surface area contributed by atoms with Crippen LogP contribution in [-0.2, 0) is 29.8 Å². The number of carboxylic acid groups (broad SMARTS) is 2.